The largest absolute Gasteiger partial charge is 0.272 e. The van der Waals surface area contributed by atoms with Crippen molar-refractivity contribution in [3.8, 4) is 0 Å². The summed E-state index contributed by atoms with van der Waals surface area (Å²) in [6, 6.07) is 18.9. The summed E-state index contributed by atoms with van der Waals surface area (Å²) in [5, 5.41) is 0.602. The van der Waals surface area contributed by atoms with Gasteiger partial charge in [-0.1, -0.05) is 41.4 Å². The number of benzene rings is 3. The zero-order chi connectivity index (χ0) is 21.9. The Morgan fingerprint density at radius 2 is 1.57 bits per heavy atom. The molecule has 0 N–H and O–H groups in total. The summed E-state index contributed by atoms with van der Waals surface area (Å²) in [7, 11) is -4.07. The van der Waals surface area contributed by atoms with Crippen molar-refractivity contribution < 1.29 is 13.2 Å². The highest BCUT2D eigenvalue weighted by atomic mass is 35.5. The average molecular weight is 460 g/mol. The molecule has 0 atom stereocenters. The van der Waals surface area contributed by atoms with E-state index >= 15 is 0 Å². The molecular formula is C23H22ClNO3S2. The predicted molar refractivity (Wildman–Crippen MR) is 124 cm³/mol. The number of sulfonamides is 1. The first-order chi connectivity index (χ1) is 14.2. The maximum atomic E-state index is 13.5. The van der Waals surface area contributed by atoms with Gasteiger partial charge in [-0.25, -0.2) is 12.7 Å². The van der Waals surface area contributed by atoms with Crippen LogP contribution in [0.25, 0.3) is 0 Å². The molecule has 0 heterocycles. The van der Waals surface area contributed by atoms with Gasteiger partial charge in [0.2, 0.25) is 0 Å². The van der Waals surface area contributed by atoms with E-state index in [0.29, 0.717) is 10.7 Å². The molecule has 0 aliphatic carbocycles. The van der Waals surface area contributed by atoms with E-state index < -0.39 is 15.9 Å². The fourth-order valence-electron chi connectivity index (χ4n) is 2.90. The van der Waals surface area contributed by atoms with Crippen molar-refractivity contribution in [1.29, 1.82) is 0 Å². The van der Waals surface area contributed by atoms with E-state index in [2.05, 4.69) is 0 Å². The molecule has 0 radical (unpaired) electrons. The maximum absolute atomic E-state index is 13.5. The molecular weight excluding hydrogens is 438 g/mol. The second-order valence-corrected chi connectivity index (χ2v) is 10.2. The summed E-state index contributed by atoms with van der Waals surface area (Å²) in [5.74, 6) is -0.538. The van der Waals surface area contributed by atoms with Crippen molar-refractivity contribution in [2.75, 3.05) is 10.1 Å². The second-order valence-electron chi connectivity index (χ2n) is 6.94. The van der Waals surface area contributed by atoms with Crippen LogP contribution in [0, 0.1) is 20.8 Å². The number of hydrogen-bond acceptors (Lipinski definition) is 4. The van der Waals surface area contributed by atoms with E-state index in [1.165, 1.54) is 23.9 Å². The highest BCUT2D eigenvalue weighted by Crippen LogP contribution is 2.30. The van der Waals surface area contributed by atoms with Gasteiger partial charge in [-0.3, -0.25) is 4.79 Å². The van der Waals surface area contributed by atoms with Crippen LogP contribution in [0.3, 0.4) is 0 Å². The van der Waals surface area contributed by atoms with Gasteiger partial charge < -0.3 is 0 Å². The van der Waals surface area contributed by atoms with Gasteiger partial charge in [-0.2, -0.15) is 0 Å². The Bertz CT molecular complexity index is 1160. The van der Waals surface area contributed by atoms with Crippen molar-refractivity contribution in [2.24, 2.45) is 0 Å². The number of rotatable bonds is 6. The quantitative estimate of drug-likeness (QED) is 0.438. The summed E-state index contributed by atoms with van der Waals surface area (Å²) < 4.78 is 27.9. The van der Waals surface area contributed by atoms with Crippen LogP contribution in [0.5, 0.6) is 0 Å². The molecule has 3 rings (SSSR count). The van der Waals surface area contributed by atoms with Gasteiger partial charge in [0, 0.05) is 9.92 Å². The van der Waals surface area contributed by atoms with E-state index in [0.717, 1.165) is 25.9 Å². The number of amides is 1. The Hall–Kier alpha value is -2.28. The summed E-state index contributed by atoms with van der Waals surface area (Å²) >= 11 is 7.18. The molecule has 1 amide bonds. The molecule has 4 nitrogen and oxygen atoms in total. The van der Waals surface area contributed by atoms with Gasteiger partial charge in [-0.05, 0) is 74.4 Å². The number of anilines is 1. The lowest BCUT2D eigenvalue weighted by molar-refractivity contribution is -0.115. The van der Waals surface area contributed by atoms with E-state index in [1.807, 2.05) is 26.8 Å². The first kappa shape index (κ1) is 22.4. The first-order valence-electron chi connectivity index (χ1n) is 9.29. The fourth-order valence-corrected chi connectivity index (χ4v) is 5.34. The van der Waals surface area contributed by atoms with Crippen LogP contribution in [0.2, 0.25) is 5.02 Å². The van der Waals surface area contributed by atoms with Crippen molar-refractivity contribution in [2.45, 2.75) is 30.6 Å². The number of thioether (sulfide) groups is 1. The first-order valence-corrected chi connectivity index (χ1v) is 12.1. The molecule has 0 saturated carbocycles. The summed E-state index contributed by atoms with van der Waals surface area (Å²) in [4.78, 5) is 14.2. The number of hydrogen-bond donors (Lipinski definition) is 0. The van der Waals surface area contributed by atoms with E-state index in [9.17, 15) is 13.2 Å². The van der Waals surface area contributed by atoms with Gasteiger partial charge in [0.25, 0.3) is 15.9 Å². The maximum Gasteiger partial charge on any atom is 0.270 e. The molecule has 30 heavy (non-hydrogen) atoms. The monoisotopic (exact) mass is 459 g/mol. The predicted octanol–water partition coefficient (Wildman–Crippen LogP) is 5.78. The van der Waals surface area contributed by atoms with Crippen molar-refractivity contribution in [3.05, 3.63) is 88.4 Å². The standard InChI is InChI=1S/C23H22ClNO3S2/c1-16-7-13-21(14-8-16)30(27,28)25(22-6-4-5-17(2)18(22)3)23(26)15-29-20-11-9-19(24)10-12-20/h4-14H,15H2,1-3H3. The van der Waals surface area contributed by atoms with Crippen LogP contribution in [0.4, 0.5) is 5.69 Å². The highest BCUT2D eigenvalue weighted by Gasteiger charge is 2.32. The molecule has 0 saturated heterocycles. The van der Waals surface area contributed by atoms with Crippen LogP contribution < -0.4 is 4.31 Å². The van der Waals surface area contributed by atoms with Gasteiger partial charge in [-0.15, -0.1) is 11.8 Å². The van der Waals surface area contributed by atoms with E-state index in [-0.39, 0.29) is 10.6 Å². The normalized spacial score (nSPS) is 11.3. The van der Waals surface area contributed by atoms with E-state index in [1.54, 1.807) is 48.5 Å². The Labute approximate surface area is 186 Å². The lowest BCUT2D eigenvalue weighted by Gasteiger charge is -2.25. The molecule has 7 heteroatoms. The minimum absolute atomic E-state index is 0.0277. The number of halogens is 1. The third-order valence-electron chi connectivity index (χ3n) is 4.76. The minimum atomic E-state index is -4.07. The molecule has 156 valence electrons. The molecule has 0 aromatic heterocycles. The number of nitrogens with zero attached hydrogens (tertiary/aromatic N) is 1. The Morgan fingerprint density at radius 1 is 0.933 bits per heavy atom. The lowest BCUT2D eigenvalue weighted by atomic mass is 10.1. The summed E-state index contributed by atoms with van der Waals surface area (Å²) in [6.45, 7) is 5.59. The molecule has 0 unspecified atom stereocenters. The average Bonchev–Trinajstić information content (AvgIpc) is 2.71. The molecule has 0 fully saturated rings. The molecule has 0 bridgehead atoms. The second kappa shape index (κ2) is 9.25. The summed E-state index contributed by atoms with van der Waals surface area (Å²) in [6.07, 6.45) is 0. The minimum Gasteiger partial charge on any atom is -0.272 e. The van der Waals surface area contributed by atoms with Crippen molar-refractivity contribution >= 4 is 45.0 Å². The molecule has 0 aliphatic heterocycles. The number of carbonyl (C=O) groups is 1. The molecule has 0 spiro atoms. The highest BCUT2D eigenvalue weighted by molar-refractivity contribution is 8.00. The smallest absolute Gasteiger partial charge is 0.270 e. The van der Waals surface area contributed by atoms with Crippen molar-refractivity contribution in [1.82, 2.24) is 0 Å². The van der Waals surface area contributed by atoms with Gasteiger partial charge in [0.05, 0.1) is 16.3 Å². The molecule has 3 aromatic carbocycles. The van der Waals surface area contributed by atoms with Crippen LogP contribution in [-0.4, -0.2) is 20.1 Å². The fraction of sp³-hybridized carbons (Fsp3) is 0.174. The summed E-state index contributed by atoms with van der Waals surface area (Å²) in [5.41, 5.74) is 2.97. The Kier molecular flexibility index (Phi) is 6.91. The Morgan fingerprint density at radius 3 is 2.20 bits per heavy atom. The third-order valence-corrected chi connectivity index (χ3v) is 7.75. The Balaban J connectivity index is 2.00. The van der Waals surface area contributed by atoms with Gasteiger partial charge >= 0.3 is 0 Å². The van der Waals surface area contributed by atoms with Crippen LogP contribution in [0.15, 0.2) is 76.5 Å². The third kappa shape index (κ3) is 4.89. The zero-order valence-corrected chi connectivity index (χ0v) is 19.3. The van der Waals surface area contributed by atoms with Crippen LogP contribution in [-0.2, 0) is 14.8 Å². The van der Waals surface area contributed by atoms with Crippen molar-refractivity contribution in [3.63, 3.8) is 0 Å². The van der Waals surface area contributed by atoms with Gasteiger partial charge in [0.15, 0.2) is 0 Å². The van der Waals surface area contributed by atoms with Gasteiger partial charge in [0.1, 0.15) is 0 Å². The number of carbonyl (C=O) groups excluding carboxylic acids is 1. The molecule has 3 aromatic rings. The number of aryl methyl sites for hydroxylation is 2. The zero-order valence-electron chi connectivity index (χ0n) is 16.9. The topological polar surface area (TPSA) is 54.5 Å². The van der Waals surface area contributed by atoms with E-state index in [4.69, 9.17) is 11.6 Å². The van der Waals surface area contributed by atoms with Crippen LogP contribution in [0.1, 0.15) is 16.7 Å². The molecule has 0 aliphatic rings. The van der Waals surface area contributed by atoms with Crippen LogP contribution >= 0.6 is 23.4 Å². The SMILES string of the molecule is Cc1ccc(S(=O)(=O)N(C(=O)CSc2ccc(Cl)cc2)c2cccc(C)c2C)cc1. The lowest BCUT2D eigenvalue weighted by Crippen LogP contribution is -2.38.